The number of carbonyl (C=O) groups is 1. The first-order valence-corrected chi connectivity index (χ1v) is 11.1. The molecule has 3 rings (SSSR count). The van der Waals surface area contributed by atoms with Gasteiger partial charge in [-0.25, -0.2) is 4.79 Å². The van der Waals surface area contributed by atoms with Gasteiger partial charge in [0.2, 0.25) is 0 Å². The Labute approximate surface area is 203 Å². The zero-order valence-corrected chi connectivity index (χ0v) is 19.3. The maximum absolute atomic E-state index is 13.3. The van der Waals surface area contributed by atoms with E-state index >= 15 is 0 Å². The van der Waals surface area contributed by atoms with E-state index in [9.17, 15) is 31.1 Å². The molecule has 0 bridgehead atoms. The topological polar surface area (TPSA) is 100 Å². The lowest BCUT2D eigenvalue weighted by Crippen LogP contribution is -2.55. The highest BCUT2D eigenvalue weighted by Crippen LogP contribution is 2.39. The van der Waals surface area contributed by atoms with Crippen molar-refractivity contribution in [2.75, 3.05) is 13.2 Å². The summed E-state index contributed by atoms with van der Waals surface area (Å²) >= 11 is 0. The summed E-state index contributed by atoms with van der Waals surface area (Å²) in [5.74, 6) is -0.390. The number of amidine groups is 1. The van der Waals surface area contributed by atoms with E-state index < -0.39 is 41.2 Å². The van der Waals surface area contributed by atoms with E-state index in [0.717, 1.165) is 5.56 Å². The summed E-state index contributed by atoms with van der Waals surface area (Å²) in [6, 6.07) is 9.63. The number of piperidine rings is 1. The number of urea groups is 1. The first-order valence-electron chi connectivity index (χ1n) is 11.1. The number of primary amides is 1. The Kier molecular flexibility index (Phi) is 7.99. The SMILES string of the molecule is C[C@@H](OC[C@@]1(c2ccccc2)CCC(C(=N)NC(N)=O)CN1)c1cc(C(F)(F)F)cc(C(F)(F)F)c1. The molecule has 0 aliphatic carbocycles. The molecule has 196 valence electrons. The van der Waals surface area contributed by atoms with Gasteiger partial charge >= 0.3 is 18.4 Å². The predicted octanol–water partition coefficient (Wildman–Crippen LogP) is 5.34. The van der Waals surface area contributed by atoms with E-state index in [1.807, 2.05) is 12.1 Å². The molecule has 0 radical (unpaired) electrons. The lowest BCUT2D eigenvalue weighted by molar-refractivity contribution is -0.143. The molecular formula is C24H26F6N4O2. The molecule has 2 aromatic carbocycles. The Morgan fingerprint density at radius 1 is 1.14 bits per heavy atom. The van der Waals surface area contributed by atoms with E-state index in [4.69, 9.17) is 15.9 Å². The normalized spacial score (nSPS) is 21.6. The van der Waals surface area contributed by atoms with Gasteiger partial charge < -0.3 is 15.8 Å². The molecule has 1 aliphatic rings. The number of halogens is 6. The van der Waals surface area contributed by atoms with Crippen LogP contribution in [0.2, 0.25) is 0 Å². The zero-order chi connectivity index (χ0) is 26.7. The summed E-state index contributed by atoms with van der Waals surface area (Å²) < 4.78 is 85.5. The molecule has 1 heterocycles. The van der Waals surface area contributed by atoms with Crippen LogP contribution in [0.4, 0.5) is 31.1 Å². The Balaban J connectivity index is 1.84. The third-order valence-electron chi connectivity index (χ3n) is 6.26. The molecule has 1 fully saturated rings. The maximum atomic E-state index is 13.3. The molecule has 1 aliphatic heterocycles. The zero-order valence-electron chi connectivity index (χ0n) is 19.3. The molecule has 36 heavy (non-hydrogen) atoms. The number of alkyl halides is 6. The van der Waals surface area contributed by atoms with E-state index in [1.54, 1.807) is 18.2 Å². The van der Waals surface area contributed by atoms with Crippen molar-refractivity contribution in [2.45, 2.75) is 43.8 Å². The van der Waals surface area contributed by atoms with Crippen molar-refractivity contribution in [3.63, 3.8) is 0 Å². The van der Waals surface area contributed by atoms with Gasteiger partial charge in [0.15, 0.2) is 0 Å². The highest BCUT2D eigenvalue weighted by atomic mass is 19.4. The van der Waals surface area contributed by atoms with Gasteiger partial charge in [-0.05, 0) is 49.1 Å². The van der Waals surface area contributed by atoms with Gasteiger partial charge in [0, 0.05) is 12.5 Å². The minimum atomic E-state index is -4.95. The molecule has 12 heteroatoms. The van der Waals surface area contributed by atoms with Crippen molar-refractivity contribution in [2.24, 2.45) is 11.7 Å². The van der Waals surface area contributed by atoms with Gasteiger partial charge in [0.05, 0.1) is 29.4 Å². The van der Waals surface area contributed by atoms with Gasteiger partial charge in [0.25, 0.3) is 0 Å². The van der Waals surface area contributed by atoms with Crippen molar-refractivity contribution in [1.82, 2.24) is 10.6 Å². The molecule has 0 saturated carbocycles. The molecule has 6 nitrogen and oxygen atoms in total. The van der Waals surface area contributed by atoms with E-state index in [2.05, 4.69) is 10.6 Å². The van der Waals surface area contributed by atoms with Crippen molar-refractivity contribution in [3.8, 4) is 0 Å². The standard InChI is InChI=1S/C24H26F6N4O2/c1-14(16-9-18(23(25,26)27)11-19(10-16)24(28,29)30)36-13-22(17-5-3-2-4-6-17)8-7-15(12-33-22)20(31)34-21(32)35/h2-6,9-11,14-15,33H,7-8,12-13H2,1H3,(H4,31,32,34,35)/t14-,15?,22-/m1/s1. The van der Waals surface area contributed by atoms with Crippen LogP contribution in [0.15, 0.2) is 48.5 Å². The molecular weight excluding hydrogens is 490 g/mol. The third-order valence-corrected chi connectivity index (χ3v) is 6.26. The number of ether oxygens (including phenoxy) is 1. The first kappa shape index (κ1) is 27.5. The van der Waals surface area contributed by atoms with Crippen molar-refractivity contribution in [1.29, 1.82) is 5.41 Å². The van der Waals surface area contributed by atoms with Crippen molar-refractivity contribution in [3.05, 3.63) is 70.8 Å². The molecule has 1 unspecified atom stereocenters. The highest BCUT2D eigenvalue weighted by Gasteiger charge is 2.40. The average molecular weight is 516 g/mol. The van der Waals surface area contributed by atoms with Crippen molar-refractivity contribution < 1.29 is 35.9 Å². The average Bonchev–Trinajstić information content (AvgIpc) is 2.81. The summed E-state index contributed by atoms with van der Waals surface area (Å²) in [5, 5.41) is 13.6. The maximum Gasteiger partial charge on any atom is 0.416 e. The Morgan fingerprint density at radius 2 is 1.72 bits per heavy atom. The summed E-state index contributed by atoms with van der Waals surface area (Å²) in [6.45, 7) is 1.61. The largest absolute Gasteiger partial charge is 0.416 e. The van der Waals surface area contributed by atoms with E-state index in [0.29, 0.717) is 25.0 Å². The van der Waals surface area contributed by atoms with Crippen LogP contribution in [0.5, 0.6) is 0 Å². The summed E-state index contributed by atoms with van der Waals surface area (Å²) in [4.78, 5) is 11.1. The third kappa shape index (κ3) is 6.55. The summed E-state index contributed by atoms with van der Waals surface area (Å²) in [5.41, 5.74) is 2.03. The quantitative estimate of drug-likeness (QED) is 0.237. The van der Waals surface area contributed by atoms with Crippen molar-refractivity contribution >= 4 is 11.9 Å². The van der Waals surface area contributed by atoms with Gasteiger partial charge in [-0.2, -0.15) is 26.3 Å². The van der Waals surface area contributed by atoms with Crippen LogP contribution in [0.25, 0.3) is 0 Å². The number of rotatable bonds is 6. The van der Waals surface area contributed by atoms with E-state index in [1.165, 1.54) is 6.92 Å². The van der Waals surface area contributed by atoms with Gasteiger partial charge in [0.1, 0.15) is 5.84 Å². The molecule has 3 atom stereocenters. The Hall–Kier alpha value is -3.12. The number of amides is 2. The van der Waals surface area contributed by atoms with Crippen LogP contribution < -0.4 is 16.4 Å². The molecule has 2 amide bonds. The van der Waals surface area contributed by atoms with Gasteiger partial charge in [-0.3, -0.25) is 10.7 Å². The lowest BCUT2D eigenvalue weighted by Gasteiger charge is -2.42. The number of nitrogens with one attached hydrogen (secondary N) is 3. The second-order valence-corrected chi connectivity index (χ2v) is 8.76. The minimum Gasteiger partial charge on any atom is -0.372 e. The number of hydrogen-bond donors (Lipinski definition) is 4. The molecule has 1 saturated heterocycles. The van der Waals surface area contributed by atoms with Crippen LogP contribution in [-0.2, 0) is 22.6 Å². The molecule has 0 aromatic heterocycles. The predicted molar refractivity (Wildman–Crippen MR) is 120 cm³/mol. The summed E-state index contributed by atoms with van der Waals surface area (Å²) in [6.07, 6.45) is -10.1. The van der Waals surface area contributed by atoms with Gasteiger partial charge in [-0.15, -0.1) is 0 Å². The van der Waals surface area contributed by atoms with Crippen LogP contribution >= 0.6 is 0 Å². The Morgan fingerprint density at radius 3 is 2.19 bits per heavy atom. The van der Waals surface area contributed by atoms with Crippen LogP contribution in [0.1, 0.15) is 48.1 Å². The first-order chi connectivity index (χ1) is 16.7. The van der Waals surface area contributed by atoms with Crippen LogP contribution in [-0.4, -0.2) is 25.0 Å². The molecule has 0 spiro atoms. The summed E-state index contributed by atoms with van der Waals surface area (Å²) in [7, 11) is 0. The number of carbonyl (C=O) groups excluding carboxylic acids is 1. The fraction of sp³-hybridized carbons (Fsp3) is 0.417. The smallest absolute Gasteiger partial charge is 0.372 e. The highest BCUT2D eigenvalue weighted by molar-refractivity contribution is 5.96. The fourth-order valence-corrected chi connectivity index (χ4v) is 4.20. The monoisotopic (exact) mass is 516 g/mol. The second-order valence-electron chi connectivity index (χ2n) is 8.76. The van der Waals surface area contributed by atoms with Crippen LogP contribution in [0, 0.1) is 11.3 Å². The van der Waals surface area contributed by atoms with Crippen LogP contribution in [0.3, 0.4) is 0 Å². The lowest BCUT2D eigenvalue weighted by atomic mass is 9.79. The Bertz CT molecular complexity index is 1050. The fourth-order valence-electron chi connectivity index (χ4n) is 4.20. The molecule has 2 aromatic rings. The van der Waals surface area contributed by atoms with Gasteiger partial charge in [-0.1, -0.05) is 30.3 Å². The minimum absolute atomic E-state index is 0.0467. The molecule has 5 N–H and O–H groups in total. The van der Waals surface area contributed by atoms with E-state index in [-0.39, 0.29) is 36.5 Å². The number of nitrogens with two attached hydrogens (primary N) is 1. The second kappa shape index (κ2) is 10.5. The number of hydrogen-bond acceptors (Lipinski definition) is 4. The number of benzene rings is 2.